The lowest BCUT2D eigenvalue weighted by Crippen LogP contribution is -2.52. The Hall–Kier alpha value is -2.39. The van der Waals surface area contributed by atoms with Crippen LogP contribution in [-0.2, 0) is 0 Å². The van der Waals surface area contributed by atoms with Crippen molar-refractivity contribution in [1.82, 2.24) is 25.1 Å². The monoisotopic (exact) mass is 428 g/mol. The van der Waals surface area contributed by atoms with Crippen LogP contribution in [0.25, 0.3) is 0 Å². The van der Waals surface area contributed by atoms with Gasteiger partial charge in [0.05, 0.1) is 5.00 Å². The van der Waals surface area contributed by atoms with E-state index >= 15 is 0 Å². The second-order valence-electron chi connectivity index (χ2n) is 7.63. The fourth-order valence-corrected chi connectivity index (χ4v) is 4.83. The Morgan fingerprint density at radius 1 is 1.00 bits per heavy atom. The van der Waals surface area contributed by atoms with E-state index in [1.807, 2.05) is 36.8 Å². The molecule has 4 heterocycles. The van der Waals surface area contributed by atoms with E-state index in [0.29, 0.717) is 0 Å². The molecule has 0 amide bonds. The van der Waals surface area contributed by atoms with Crippen LogP contribution < -0.4 is 15.1 Å². The van der Waals surface area contributed by atoms with Gasteiger partial charge in [0.1, 0.15) is 0 Å². The maximum Gasteiger partial charge on any atom is 0.225 e. The second kappa shape index (κ2) is 10.6. The van der Waals surface area contributed by atoms with Crippen molar-refractivity contribution in [3.8, 4) is 0 Å². The highest BCUT2D eigenvalue weighted by Crippen LogP contribution is 2.22. The zero-order valence-corrected chi connectivity index (χ0v) is 18.6. The van der Waals surface area contributed by atoms with Gasteiger partial charge in [-0.1, -0.05) is 0 Å². The fourth-order valence-electron chi connectivity index (χ4n) is 4.05. The molecule has 2 aliphatic rings. The van der Waals surface area contributed by atoms with E-state index in [9.17, 15) is 0 Å². The molecule has 0 bridgehead atoms. The predicted octanol–water partition coefficient (Wildman–Crippen LogP) is 1.45. The largest absolute Gasteiger partial charge is 0.360 e. The fraction of sp³-hybridized carbons (Fsp3) is 0.571. The normalized spacial score (nSPS) is 18.7. The van der Waals surface area contributed by atoms with Gasteiger partial charge < -0.3 is 20.0 Å². The molecule has 9 heteroatoms. The first kappa shape index (κ1) is 20.9. The van der Waals surface area contributed by atoms with Gasteiger partial charge in [0.15, 0.2) is 5.96 Å². The molecule has 1 N–H and O–H groups in total. The van der Waals surface area contributed by atoms with Gasteiger partial charge in [0.2, 0.25) is 5.95 Å². The summed E-state index contributed by atoms with van der Waals surface area (Å²) in [7, 11) is 1.89. The molecule has 2 saturated heterocycles. The van der Waals surface area contributed by atoms with Crippen LogP contribution in [0.15, 0.2) is 41.0 Å². The summed E-state index contributed by atoms with van der Waals surface area (Å²) < 4.78 is 0. The Balaban J connectivity index is 1.12. The van der Waals surface area contributed by atoms with Crippen LogP contribution in [0.5, 0.6) is 0 Å². The van der Waals surface area contributed by atoms with Crippen molar-refractivity contribution >= 4 is 28.2 Å². The third-order valence-corrected chi connectivity index (χ3v) is 6.68. The summed E-state index contributed by atoms with van der Waals surface area (Å²) in [4.78, 5) is 22.9. The number of nitrogens with one attached hydrogen (secondary N) is 1. The first-order chi connectivity index (χ1) is 14.8. The van der Waals surface area contributed by atoms with Crippen LogP contribution in [-0.4, -0.2) is 98.2 Å². The molecule has 2 aromatic rings. The lowest BCUT2D eigenvalue weighted by molar-refractivity contribution is 0.253. The number of thiophene rings is 1. The van der Waals surface area contributed by atoms with E-state index in [1.54, 1.807) is 0 Å². The number of guanidine groups is 1. The molecular weight excluding hydrogens is 396 g/mol. The van der Waals surface area contributed by atoms with Crippen LogP contribution in [0.2, 0.25) is 0 Å². The van der Waals surface area contributed by atoms with Gasteiger partial charge >= 0.3 is 0 Å². The Labute approximate surface area is 183 Å². The molecule has 0 radical (unpaired) electrons. The van der Waals surface area contributed by atoms with Crippen LogP contribution in [0.3, 0.4) is 0 Å². The molecule has 4 rings (SSSR count). The number of rotatable bonds is 6. The van der Waals surface area contributed by atoms with Crippen molar-refractivity contribution < 1.29 is 0 Å². The Kier molecular flexibility index (Phi) is 7.36. The van der Waals surface area contributed by atoms with E-state index in [2.05, 4.69) is 57.4 Å². The summed E-state index contributed by atoms with van der Waals surface area (Å²) in [5.74, 6) is 1.88. The summed E-state index contributed by atoms with van der Waals surface area (Å²) >= 11 is 1.82. The molecule has 0 spiro atoms. The minimum absolute atomic E-state index is 0.849. The third-order valence-electron chi connectivity index (χ3n) is 5.75. The van der Waals surface area contributed by atoms with Crippen LogP contribution in [0.1, 0.15) is 6.42 Å². The van der Waals surface area contributed by atoms with Crippen molar-refractivity contribution in [2.75, 3.05) is 82.3 Å². The zero-order chi connectivity index (χ0) is 20.6. The zero-order valence-electron chi connectivity index (χ0n) is 17.8. The van der Waals surface area contributed by atoms with E-state index in [1.165, 1.54) is 5.00 Å². The molecule has 0 saturated carbocycles. The molecule has 0 atom stereocenters. The van der Waals surface area contributed by atoms with E-state index in [-0.39, 0.29) is 0 Å². The van der Waals surface area contributed by atoms with Gasteiger partial charge in [-0.15, -0.1) is 11.3 Å². The Morgan fingerprint density at radius 2 is 1.73 bits per heavy atom. The molecule has 2 aliphatic heterocycles. The lowest BCUT2D eigenvalue weighted by Gasteiger charge is -2.37. The van der Waals surface area contributed by atoms with E-state index in [4.69, 9.17) is 0 Å². The smallest absolute Gasteiger partial charge is 0.225 e. The van der Waals surface area contributed by atoms with Gasteiger partial charge in [-0.05, 0) is 36.5 Å². The van der Waals surface area contributed by atoms with Gasteiger partial charge in [-0.25, -0.2) is 9.97 Å². The second-order valence-corrected chi connectivity index (χ2v) is 8.56. The average molecular weight is 429 g/mol. The van der Waals surface area contributed by atoms with Gasteiger partial charge in [0.25, 0.3) is 0 Å². The van der Waals surface area contributed by atoms with Crippen LogP contribution in [0.4, 0.5) is 10.9 Å². The SMILES string of the molecule is CN=C(NCCCN1CCN(c2ncccn2)CC1)N1CCN(c2cccs2)CC1. The third kappa shape index (κ3) is 5.40. The lowest BCUT2D eigenvalue weighted by atomic mass is 10.3. The summed E-state index contributed by atoms with van der Waals surface area (Å²) in [5, 5.41) is 7.09. The van der Waals surface area contributed by atoms with Gasteiger partial charge in [-0.2, -0.15) is 0 Å². The molecule has 30 heavy (non-hydrogen) atoms. The summed E-state index contributed by atoms with van der Waals surface area (Å²) in [5.41, 5.74) is 0. The minimum atomic E-state index is 0.849. The van der Waals surface area contributed by atoms with Crippen molar-refractivity contribution in [3.63, 3.8) is 0 Å². The quantitative estimate of drug-likeness (QED) is 0.424. The molecule has 162 valence electrons. The number of piperazine rings is 2. The number of anilines is 2. The molecule has 8 nitrogen and oxygen atoms in total. The maximum atomic E-state index is 4.51. The highest BCUT2D eigenvalue weighted by molar-refractivity contribution is 7.14. The molecular formula is C21H32N8S. The molecule has 2 fully saturated rings. The summed E-state index contributed by atoms with van der Waals surface area (Å²) in [6, 6.07) is 6.20. The predicted molar refractivity (Wildman–Crippen MR) is 125 cm³/mol. The first-order valence-electron chi connectivity index (χ1n) is 10.8. The standard InChI is InChI=1S/C21H32N8S/c1-22-20(28-16-14-27(15-17-28)19-5-2-18-30-19)23-8-4-9-26-10-12-29(13-11-26)21-24-6-3-7-25-21/h2-3,5-7,18H,4,8-17H2,1H3,(H,22,23). The molecule has 0 aliphatic carbocycles. The summed E-state index contributed by atoms with van der Waals surface area (Å²) in [6.45, 7) is 10.3. The molecule has 0 aromatic carbocycles. The Bertz CT molecular complexity index is 766. The molecule has 2 aromatic heterocycles. The van der Waals surface area contributed by atoms with Crippen LogP contribution >= 0.6 is 11.3 Å². The van der Waals surface area contributed by atoms with Crippen molar-refractivity contribution in [2.45, 2.75) is 6.42 Å². The first-order valence-corrected chi connectivity index (χ1v) is 11.7. The van der Waals surface area contributed by atoms with Crippen LogP contribution in [0, 0.1) is 0 Å². The number of hydrogen-bond acceptors (Lipinski definition) is 7. The van der Waals surface area contributed by atoms with E-state index in [0.717, 1.165) is 83.8 Å². The van der Waals surface area contributed by atoms with Crippen molar-refractivity contribution in [3.05, 3.63) is 36.0 Å². The van der Waals surface area contributed by atoms with Crippen molar-refractivity contribution in [2.24, 2.45) is 4.99 Å². The minimum Gasteiger partial charge on any atom is -0.360 e. The number of aromatic nitrogens is 2. The average Bonchev–Trinajstić information content (AvgIpc) is 3.35. The summed E-state index contributed by atoms with van der Waals surface area (Å²) in [6.07, 6.45) is 4.75. The Morgan fingerprint density at radius 3 is 2.40 bits per heavy atom. The highest BCUT2D eigenvalue weighted by Gasteiger charge is 2.21. The number of aliphatic imine (C=N–C) groups is 1. The topological polar surface area (TPSA) is 63.1 Å². The van der Waals surface area contributed by atoms with Gasteiger partial charge in [0, 0.05) is 78.3 Å². The molecule has 0 unspecified atom stereocenters. The number of nitrogens with zero attached hydrogens (tertiary/aromatic N) is 7. The van der Waals surface area contributed by atoms with Crippen molar-refractivity contribution in [1.29, 1.82) is 0 Å². The number of hydrogen-bond donors (Lipinski definition) is 1. The van der Waals surface area contributed by atoms with Gasteiger partial charge in [-0.3, -0.25) is 9.89 Å². The maximum absolute atomic E-state index is 4.51. The van der Waals surface area contributed by atoms with E-state index < -0.39 is 0 Å². The highest BCUT2D eigenvalue weighted by atomic mass is 32.1.